The average Bonchev–Trinajstić information content (AvgIpc) is 2.48. The summed E-state index contributed by atoms with van der Waals surface area (Å²) < 4.78 is 11.0. The summed E-state index contributed by atoms with van der Waals surface area (Å²) in [6, 6.07) is 10.1. The highest BCUT2D eigenvalue weighted by Crippen LogP contribution is 2.28. The monoisotopic (exact) mass is 354 g/mol. The van der Waals surface area contributed by atoms with Crippen molar-refractivity contribution >= 4 is 33.3 Å². The Morgan fingerprint density at radius 1 is 1.05 bits per heavy atom. The van der Waals surface area contributed by atoms with Gasteiger partial charge in [-0.3, -0.25) is 4.79 Å². The zero-order chi connectivity index (χ0) is 14.7. The fourth-order valence-electron chi connectivity index (χ4n) is 1.77. The molecule has 0 heterocycles. The van der Waals surface area contributed by atoms with Crippen molar-refractivity contribution in [1.29, 1.82) is 0 Å². The van der Waals surface area contributed by atoms with Crippen LogP contribution >= 0.6 is 27.5 Å². The Balaban J connectivity index is 2.50. The van der Waals surface area contributed by atoms with Crippen molar-refractivity contribution in [2.24, 2.45) is 0 Å². The van der Waals surface area contributed by atoms with Crippen molar-refractivity contribution in [1.82, 2.24) is 0 Å². The molecule has 0 fully saturated rings. The summed E-state index contributed by atoms with van der Waals surface area (Å²) in [6.45, 7) is 0. The molecule has 20 heavy (non-hydrogen) atoms. The second-order valence-electron chi connectivity index (χ2n) is 4.05. The van der Waals surface area contributed by atoms with Crippen LogP contribution in [0.5, 0.6) is 11.5 Å². The molecule has 0 aliphatic rings. The largest absolute Gasteiger partial charge is 0.497 e. The minimum absolute atomic E-state index is 0.156. The quantitative estimate of drug-likeness (QED) is 0.765. The Morgan fingerprint density at radius 2 is 1.65 bits per heavy atom. The van der Waals surface area contributed by atoms with Gasteiger partial charge in [-0.1, -0.05) is 27.5 Å². The smallest absolute Gasteiger partial charge is 0.194 e. The van der Waals surface area contributed by atoms with Crippen molar-refractivity contribution in [3.8, 4) is 11.5 Å². The van der Waals surface area contributed by atoms with Crippen LogP contribution in [0.1, 0.15) is 15.9 Å². The molecule has 0 aromatic heterocycles. The van der Waals surface area contributed by atoms with E-state index < -0.39 is 0 Å². The highest BCUT2D eigenvalue weighted by Gasteiger charge is 2.15. The minimum Gasteiger partial charge on any atom is -0.497 e. The molecule has 0 amide bonds. The maximum atomic E-state index is 12.6. The number of benzene rings is 2. The zero-order valence-corrected chi connectivity index (χ0v) is 13.3. The van der Waals surface area contributed by atoms with E-state index in [0.717, 1.165) is 0 Å². The number of hydrogen-bond acceptors (Lipinski definition) is 3. The van der Waals surface area contributed by atoms with Gasteiger partial charge in [0, 0.05) is 26.7 Å². The Bertz CT molecular complexity index is 633. The Kier molecular flexibility index (Phi) is 4.68. The van der Waals surface area contributed by atoms with E-state index in [1.54, 1.807) is 50.6 Å². The lowest BCUT2D eigenvalue weighted by Gasteiger charge is -2.09. The van der Waals surface area contributed by atoms with Crippen LogP contribution in [0.25, 0.3) is 0 Å². The molecule has 0 radical (unpaired) electrons. The molecule has 0 spiro atoms. The molecule has 2 aromatic rings. The first-order valence-corrected chi connectivity index (χ1v) is 6.95. The maximum absolute atomic E-state index is 12.6. The number of rotatable bonds is 4. The molecular weight excluding hydrogens is 344 g/mol. The van der Waals surface area contributed by atoms with Gasteiger partial charge < -0.3 is 9.47 Å². The van der Waals surface area contributed by atoms with Crippen molar-refractivity contribution < 1.29 is 14.3 Å². The summed E-state index contributed by atoms with van der Waals surface area (Å²) in [4.78, 5) is 12.6. The van der Waals surface area contributed by atoms with E-state index in [4.69, 9.17) is 21.1 Å². The predicted molar refractivity (Wildman–Crippen MR) is 82.1 cm³/mol. The van der Waals surface area contributed by atoms with Gasteiger partial charge in [-0.25, -0.2) is 0 Å². The van der Waals surface area contributed by atoms with Crippen molar-refractivity contribution in [3.05, 3.63) is 57.0 Å². The van der Waals surface area contributed by atoms with E-state index in [2.05, 4.69) is 15.9 Å². The first kappa shape index (κ1) is 14.9. The molecule has 5 heteroatoms. The van der Waals surface area contributed by atoms with E-state index in [-0.39, 0.29) is 5.78 Å². The minimum atomic E-state index is -0.156. The standard InChI is InChI=1S/C15H12BrClO3/c1-19-11-5-9(6-12(8-11)20-2)15(18)13-7-10(17)3-4-14(13)16/h3-8H,1-2H3. The summed E-state index contributed by atoms with van der Waals surface area (Å²) in [6.07, 6.45) is 0. The number of ketones is 1. The Hall–Kier alpha value is -1.52. The van der Waals surface area contributed by atoms with Gasteiger partial charge in [0.05, 0.1) is 14.2 Å². The van der Waals surface area contributed by atoms with Gasteiger partial charge in [0.2, 0.25) is 0 Å². The summed E-state index contributed by atoms with van der Waals surface area (Å²) >= 11 is 9.30. The first-order valence-electron chi connectivity index (χ1n) is 5.78. The Morgan fingerprint density at radius 3 is 2.20 bits per heavy atom. The number of hydrogen-bond donors (Lipinski definition) is 0. The summed E-state index contributed by atoms with van der Waals surface area (Å²) in [5.41, 5.74) is 0.969. The molecule has 0 bridgehead atoms. The lowest BCUT2D eigenvalue weighted by atomic mass is 10.0. The number of carbonyl (C=O) groups is 1. The van der Waals surface area contributed by atoms with Crippen LogP contribution in [0.15, 0.2) is 40.9 Å². The third-order valence-corrected chi connectivity index (χ3v) is 3.71. The van der Waals surface area contributed by atoms with Crippen LogP contribution in [-0.4, -0.2) is 20.0 Å². The summed E-state index contributed by atoms with van der Waals surface area (Å²) in [5, 5.41) is 0.506. The highest BCUT2D eigenvalue weighted by molar-refractivity contribution is 9.10. The molecule has 0 N–H and O–H groups in total. The lowest BCUT2D eigenvalue weighted by Crippen LogP contribution is -2.03. The maximum Gasteiger partial charge on any atom is 0.194 e. The van der Waals surface area contributed by atoms with Crippen molar-refractivity contribution in [3.63, 3.8) is 0 Å². The molecule has 0 saturated heterocycles. The molecule has 104 valence electrons. The van der Waals surface area contributed by atoms with Gasteiger partial charge in [-0.15, -0.1) is 0 Å². The fourth-order valence-corrected chi connectivity index (χ4v) is 2.36. The average molecular weight is 356 g/mol. The molecule has 3 nitrogen and oxygen atoms in total. The molecule has 0 aliphatic carbocycles. The number of ether oxygens (including phenoxy) is 2. The topological polar surface area (TPSA) is 35.5 Å². The van der Waals surface area contributed by atoms with Gasteiger partial charge in [0.15, 0.2) is 5.78 Å². The third-order valence-electron chi connectivity index (χ3n) is 2.79. The number of methoxy groups -OCH3 is 2. The van der Waals surface area contributed by atoms with E-state index in [9.17, 15) is 4.79 Å². The third kappa shape index (κ3) is 3.14. The number of halogens is 2. The van der Waals surface area contributed by atoms with Gasteiger partial charge >= 0.3 is 0 Å². The van der Waals surface area contributed by atoms with Crippen LogP contribution in [0.4, 0.5) is 0 Å². The summed E-state index contributed by atoms with van der Waals surface area (Å²) in [5.74, 6) is 0.966. The Labute approximate surface area is 130 Å². The zero-order valence-electron chi connectivity index (χ0n) is 10.9. The van der Waals surface area contributed by atoms with Crippen LogP contribution < -0.4 is 9.47 Å². The van der Waals surface area contributed by atoms with Crippen molar-refractivity contribution in [2.75, 3.05) is 14.2 Å². The first-order chi connectivity index (χ1) is 9.55. The van der Waals surface area contributed by atoms with Gasteiger partial charge in [0.25, 0.3) is 0 Å². The molecule has 2 rings (SSSR count). The normalized spacial score (nSPS) is 10.2. The van der Waals surface area contributed by atoms with Crippen molar-refractivity contribution in [2.45, 2.75) is 0 Å². The van der Waals surface area contributed by atoms with E-state index in [1.165, 1.54) is 0 Å². The van der Waals surface area contributed by atoms with Gasteiger partial charge in [0.1, 0.15) is 11.5 Å². The molecule has 0 aliphatic heterocycles. The van der Waals surface area contributed by atoms with Crippen LogP contribution in [0.3, 0.4) is 0 Å². The molecule has 2 aromatic carbocycles. The number of carbonyl (C=O) groups excluding carboxylic acids is 1. The summed E-state index contributed by atoms with van der Waals surface area (Å²) in [7, 11) is 3.08. The predicted octanol–water partition coefficient (Wildman–Crippen LogP) is 4.35. The fraction of sp³-hybridized carbons (Fsp3) is 0.133. The second-order valence-corrected chi connectivity index (χ2v) is 5.35. The van der Waals surface area contributed by atoms with Crippen LogP contribution in [-0.2, 0) is 0 Å². The molecule has 0 atom stereocenters. The van der Waals surface area contributed by atoms with E-state index in [0.29, 0.717) is 32.1 Å². The molecule has 0 unspecified atom stereocenters. The van der Waals surface area contributed by atoms with Gasteiger partial charge in [-0.05, 0) is 30.3 Å². The second kappa shape index (κ2) is 6.29. The van der Waals surface area contributed by atoms with E-state index in [1.807, 2.05) is 0 Å². The molecule has 0 saturated carbocycles. The van der Waals surface area contributed by atoms with Gasteiger partial charge in [-0.2, -0.15) is 0 Å². The molecular formula is C15H12BrClO3. The van der Waals surface area contributed by atoms with Crippen LogP contribution in [0, 0.1) is 0 Å². The highest BCUT2D eigenvalue weighted by atomic mass is 79.9. The SMILES string of the molecule is COc1cc(OC)cc(C(=O)c2cc(Cl)ccc2Br)c1. The van der Waals surface area contributed by atoms with E-state index >= 15 is 0 Å². The van der Waals surface area contributed by atoms with Crippen LogP contribution in [0.2, 0.25) is 5.02 Å². The lowest BCUT2D eigenvalue weighted by molar-refractivity contribution is 0.103.